The summed E-state index contributed by atoms with van der Waals surface area (Å²) in [5.41, 5.74) is 1.21. The molecule has 0 aliphatic heterocycles. The molecular weight excluding hydrogens is 202 g/mol. The molecule has 1 atom stereocenters. The zero-order chi connectivity index (χ0) is 11.8. The van der Waals surface area contributed by atoms with Crippen LogP contribution in [0.5, 0.6) is 0 Å². The van der Waals surface area contributed by atoms with Crippen molar-refractivity contribution in [2.75, 3.05) is 6.61 Å². The number of ether oxygens (including phenoxy) is 1. The van der Waals surface area contributed by atoms with Gasteiger partial charge in [-0.1, -0.05) is 37.3 Å². The summed E-state index contributed by atoms with van der Waals surface area (Å²) in [6, 6.07) is 10.2. The van der Waals surface area contributed by atoms with E-state index in [4.69, 9.17) is 4.74 Å². The summed E-state index contributed by atoms with van der Waals surface area (Å²) in [7, 11) is 0. The van der Waals surface area contributed by atoms with Gasteiger partial charge in [0.15, 0.2) is 0 Å². The maximum Gasteiger partial charge on any atom is 0.407 e. The number of hydrogen-bond acceptors (Lipinski definition) is 2. The van der Waals surface area contributed by atoms with E-state index in [0.29, 0.717) is 6.61 Å². The van der Waals surface area contributed by atoms with Crippen LogP contribution in [0.1, 0.15) is 25.8 Å². The molecule has 88 valence electrons. The highest BCUT2D eigenvalue weighted by molar-refractivity contribution is 5.67. The number of carbonyl (C=O) groups excluding carboxylic acids is 1. The van der Waals surface area contributed by atoms with Crippen LogP contribution < -0.4 is 5.32 Å². The number of hydrogen-bond donors (Lipinski definition) is 1. The monoisotopic (exact) mass is 221 g/mol. The van der Waals surface area contributed by atoms with Gasteiger partial charge < -0.3 is 10.1 Å². The van der Waals surface area contributed by atoms with E-state index in [2.05, 4.69) is 17.4 Å². The minimum absolute atomic E-state index is 0.0896. The molecule has 0 aliphatic carbocycles. The van der Waals surface area contributed by atoms with Crippen LogP contribution in [-0.2, 0) is 11.2 Å². The Kier molecular flexibility index (Phi) is 5.40. The smallest absolute Gasteiger partial charge is 0.407 e. The first kappa shape index (κ1) is 12.6. The summed E-state index contributed by atoms with van der Waals surface area (Å²) < 4.78 is 4.95. The van der Waals surface area contributed by atoms with Crippen LogP contribution in [0.2, 0.25) is 0 Å². The minimum Gasteiger partial charge on any atom is -0.450 e. The SMILES string of the molecule is CCCOC(=O)NC(C)Cc1ccccc1. The van der Waals surface area contributed by atoms with Crippen molar-refractivity contribution in [3.05, 3.63) is 35.9 Å². The van der Waals surface area contributed by atoms with Gasteiger partial charge in [0.25, 0.3) is 0 Å². The lowest BCUT2D eigenvalue weighted by atomic mass is 10.1. The molecule has 0 aliphatic rings. The highest BCUT2D eigenvalue weighted by Gasteiger charge is 2.08. The molecule has 0 bridgehead atoms. The maximum absolute atomic E-state index is 11.3. The first-order valence-corrected chi connectivity index (χ1v) is 5.69. The van der Waals surface area contributed by atoms with Crippen LogP contribution in [0.15, 0.2) is 30.3 Å². The normalized spacial score (nSPS) is 11.9. The molecule has 1 N–H and O–H groups in total. The number of alkyl carbamates (subject to hydrolysis) is 1. The van der Waals surface area contributed by atoms with Gasteiger partial charge in [-0.25, -0.2) is 4.79 Å². The van der Waals surface area contributed by atoms with Crippen LogP contribution in [-0.4, -0.2) is 18.7 Å². The Bertz CT molecular complexity index is 311. The van der Waals surface area contributed by atoms with Crippen molar-refractivity contribution in [1.82, 2.24) is 5.32 Å². The molecule has 0 radical (unpaired) electrons. The fourth-order valence-electron chi connectivity index (χ4n) is 1.46. The summed E-state index contributed by atoms with van der Waals surface area (Å²) >= 11 is 0. The molecule has 1 unspecified atom stereocenters. The van der Waals surface area contributed by atoms with Crippen LogP contribution >= 0.6 is 0 Å². The Morgan fingerprint density at radius 2 is 2.06 bits per heavy atom. The molecule has 0 aromatic heterocycles. The third kappa shape index (κ3) is 4.82. The van der Waals surface area contributed by atoms with Crippen molar-refractivity contribution < 1.29 is 9.53 Å². The van der Waals surface area contributed by atoms with Crippen molar-refractivity contribution in [3.63, 3.8) is 0 Å². The van der Waals surface area contributed by atoms with Crippen molar-refractivity contribution in [3.8, 4) is 0 Å². The van der Waals surface area contributed by atoms with Gasteiger partial charge in [-0.2, -0.15) is 0 Å². The third-order valence-corrected chi connectivity index (χ3v) is 2.19. The van der Waals surface area contributed by atoms with Crippen molar-refractivity contribution >= 4 is 6.09 Å². The molecule has 0 saturated heterocycles. The van der Waals surface area contributed by atoms with E-state index in [9.17, 15) is 4.79 Å². The standard InChI is InChI=1S/C13H19NO2/c1-3-9-16-13(15)14-11(2)10-12-7-5-4-6-8-12/h4-8,11H,3,9-10H2,1-2H3,(H,14,15). The summed E-state index contributed by atoms with van der Waals surface area (Å²) in [6.07, 6.45) is 1.34. The fraction of sp³-hybridized carbons (Fsp3) is 0.462. The highest BCUT2D eigenvalue weighted by Crippen LogP contribution is 2.02. The number of amides is 1. The predicted octanol–water partition coefficient (Wildman–Crippen LogP) is 2.75. The van der Waals surface area contributed by atoms with E-state index in [1.165, 1.54) is 5.56 Å². The zero-order valence-corrected chi connectivity index (χ0v) is 9.90. The predicted molar refractivity (Wildman–Crippen MR) is 64.4 cm³/mol. The first-order valence-electron chi connectivity index (χ1n) is 5.69. The Labute approximate surface area is 96.8 Å². The quantitative estimate of drug-likeness (QED) is 0.830. The van der Waals surface area contributed by atoms with E-state index in [1.807, 2.05) is 32.0 Å². The van der Waals surface area contributed by atoms with Crippen LogP contribution in [0.4, 0.5) is 4.79 Å². The molecule has 0 saturated carbocycles. The number of carbonyl (C=O) groups is 1. The molecule has 1 aromatic rings. The third-order valence-electron chi connectivity index (χ3n) is 2.19. The molecule has 3 nitrogen and oxygen atoms in total. The van der Waals surface area contributed by atoms with Gasteiger partial charge in [0, 0.05) is 6.04 Å². The van der Waals surface area contributed by atoms with Gasteiger partial charge in [-0.15, -0.1) is 0 Å². The fourth-order valence-corrected chi connectivity index (χ4v) is 1.46. The van der Waals surface area contributed by atoms with E-state index in [-0.39, 0.29) is 12.1 Å². The maximum atomic E-state index is 11.3. The van der Waals surface area contributed by atoms with Crippen LogP contribution in [0.25, 0.3) is 0 Å². The second kappa shape index (κ2) is 6.88. The Hall–Kier alpha value is -1.51. The largest absolute Gasteiger partial charge is 0.450 e. The van der Waals surface area contributed by atoms with E-state index < -0.39 is 0 Å². The lowest BCUT2D eigenvalue weighted by molar-refractivity contribution is 0.143. The molecule has 1 amide bonds. The second-order valence-corrected chi connectivity index (χ2v) is 3.87. The number of nitrogens with one attached hydrogen (secondary N) is 1. The van der Waals surface area contributed by atoms with Gasteiger partial charge in [-0.3, -0.25) is 0 Å². The van der Waals surface area contributed by atoms with Gasteiger partial charge in [0.2, 0.25) is 0 Å². The summed E-state index contributed by atoms with van der Waals surface area (Å²) in [6.45, 7) is 4.42. The molecule has 0 fully saturated rings. The Morgan fingerprint density at radius 1 is 1.38 bits per heavy atom. The van der Waals surface area contributed by atoms with Gasteiger partial charge in [0.1, 0.15) is 0 Å². The highest BCUT2D eigenvalue weighted by atomic mass is 16.5. The van der Waals surface area contributed by atoms with E-state index in [1.54, 1.807) is 0 Å². The second-order valence-electron chi connectivity index (χ2n) is 3.87. The molecule has 1 rings (SSSR count). The molecule has 1 aromatic carbocycles. The molecular formula is C13H19NO2. The Morgan fingerprint density at radius 3 is 2.69 bits per heavy atom. The van der Waals surface area contributed by atoms with Gasteiger partial charge in [-0.05, 0) is 25.3 Å². The average molecular weight is 221 g/mol. The number of rotatable bonds is 5. The van der Waals surface area contributed by atoms with Crippen LogP contribution in [0.3, 0.4) is 0 Å². The molecule has 3 heteroatoms. The summed E-state index contributed by atoms with van der Waals surface area (Å²) in [4.78, 5) is 11.3. The lowest BCUT2D eigenvalue weighted by Gasteiger charge is -2.13. The van der Waals surface area contributed by atoms with Gasteiger partial charge >= 0.3 is 6.09 Å². The molecule has 16 heavy (non-hydrogen) atoms. The lowest BCUT2D eigenvalue weighted by Crippen LogP contribution is -2.34. The van der Waals surface area contributed by atoms with E-state index in [0.717, 1.165) is 12.8 Å². The molecule has 0 spiro atoms. The average Bonchev–Trinajstić information content (AvgIpc) is 2.27. The summed E-state index contributed by atoms with van der Waals surface area (Å²) in [5, 5.41) is 2.80. The van der Waals surface area contributed by atoms with Crippen molar-refractivity contribution in [2.45, 2.75) is 32.7 Å². The Balaban J connectivity index is 2.30. The van der Waals surface area contributed by atoms with E-state index >= 15 is 0 Å². The number of benzene rings is 1. The topological polar surface area (TPSA) is 38.3 Å². The minimum atomic E-state index is -0.328. The van der Waals surface area contributed by atoms with Crippen molar-refractivity contribution in [1.29, 1.82) is 0 Å². The summed E-state index contributed by atoms with van der Waals surface area (Å²) in [5.74, 6) is 0. The van der Waals surface area contributed by atoms with Gasteiger partial charge in [0.05, 0.1) is 6.61 Å². The first-order chi connectivity index (χ1) is 7.72. The zero-order valence-electron chi connectivity index (χ0n) is 9.90. The van der Waals surface area contributed by atoms with Crippen molar-refractivity contribution in [2.24, 2.45) is 0 Å². The molecule has 0 heterocycles. The van der Waals surface area contributed by atoms with Crippen LogP contribution in [0, 0.1) is 0 Å².